The zero-order valence-corrected chi connectivity index (χ0v) is 51.1. The van der Waals surface area contributed by atoms with Gasteiger partial charge >= 0.3 is 24.2 Å². The summed E-state index contributed by atoms with van der Waals surface area (Å²) in [5.74, 6) is -4.19. The van der Waals surface area contributed by atoms with Gasteiger partial charge in [-0.3, -0.25) is 19.2 Å². The first kappa shape index (κ1) is 67.2. The van der Waals surface area contributed by atoms with Crippen LogP contribution in [-0.4, -0.2) is 113 Å². The third-order valence-corrected chi connectivity index (χ3v) is 14.6. The number of hydrogen-bond donors (Lipinski definition) is 3. The molecule has 1 aliphatic heterocycles. The molecule has 456 valence electrons. The van der Waals surface area contributed by atoms with Gasteiger partial charge in [0.1, 0.15) is 30.0 Å². The number of carbonyl (C=O) groups excluding carboxylic acids is 8. The summed E-state index contributed by atoms with van der Waals surface area (Å²) in [6.45, 7) is 18.7. The maximum Gasteiger partial charge on any atom is 0.410 e. The number of unbranched alkanes of at least 4 members (excludes halogenated alkanes) is 1. The average molecular weight is 1160 g/mol. The number of carbonyl (C=O) groups is 8. The van der Waals surface area contributed by atoms with Gasteiger partial charge < -0.3 is 44.7 Å². The lowest BCUT2D eigenvalue weighted by molar-refractivity contribution is -0.157. The minimum absolute atomic E-state index is 0.0122. The Hall–Kier alpha value is -7.56. The van der Waals surface area contributed by atoms with Crippen molar-refractivity contribution in [2.45, 2.75) is 169 Å². The molecule has 4 aromatic carbocycles. The highest BCUT2D eigenvalue weighted by molar-refractivity contribution is 5.95. The molecule has 1 aliphatic rings. The Kier molecular flexibility index (Phi) is 26.0. The van der Waals surface area contributed by atoms with Crippen LogP contribution in [0.2, 0.25) is 0 Å². The largest absolute Gasteiger partial charge is 0.459 e. The molecular formula is C67H91N5O12. The molecule has 0 spiro atoms. The van der Waals surface area contributed by atoms with Crippen LogP contribution < -0.4 is 16.0 Å². The Bertz CT molecular complexity index is 2740. The molecule has 1 saturated heterocycles. The van der Waals surface area contributed by atoms with Gasteiger partial charge in [-0.1, -0.05) is 155 Å². The molecular weight excluding hydrogens is 1070 g/mol. The number of rotatable bonds is 29. The van der Waals surface area contributed by atoms with Crippen molar-refractivity contribution in [1.29, 1.82) is 0 Å². The monoisotopic (exact) mass is 1160 g/mol. The zero-order valence-electron chi connectivity index (χ0n) is 51.1. The molecule has 0 unspecified atom stereocenters. The molecule has 0 aromatic heterocycles. The van der Waals surface area contributed by atoms with Gasteiger partial charge in [-0.15, -0.1) is 0 Å². The second-order valence-electron chi connectivity index (χ2n) is 24.9. The maximum atomic E-state index is 14.9. The first-order chi connectivity index (χ1) is 39.8. The highest BCUT2D eigenvalue weighted by atomic mass is 16.6. The van der Waals surface area contributed by atoms with Crippen molar-refractivity contribution in [3.05, 3.63) is 144 Å². The topological polar surface area (TPSA) is 216 Å². The van der Waals surface area contributed by atoms with Gasteiger partial charge in [0.25, 0.3) is 0 Å². The van der Waals surface area contributed by atoms with Crippen molar-refractivity contribution in [3.8, 4) is 0 Å². The van der Waals surface area contributed by atoms with Crippen molar-refractivity contribution in [1.82, 2.24) is 25.8 Å². The molecule has 4 aromatic rings. The number of ether oxygens (including phenoxy) is 4. The Morgan fingerprint density at radius 3 is 1.70 bits per heavy atom. The minimum Gasteiger partial charge on any atom is -0.459 e. The summed E-state index contributed by atoms with van der Waals surface area (Å²) >= 11 is 0. The smallest absolute Gasteiger partial charge is 0.410 e. The summed E-state index contributed by atoms with van der Waals surface area (Å²) in [6.07, 6.45) is -1.01. The van der Waals surface area contributed by atoms with Crippen LogP contribution in [0.3, 0.4) is 0 Å². The molecule has 0 radical (unpaired) electrons. The van der Waals surface area contributed by atoms with E-state index in [1.165, 1.54) is 4.90 Å². The Balaban J connectivity index is 1.37. The van der Waals surface area contributed by atoms with Gasteiger partial charge in [-0.05, 0) is 114 Å². The number of esters is 1. The summed E-state index contributed by atoms with van der Waals surface area (Å²) in [7, 11) is 0. The van der Waals surface area contributed by atoms with E-state index in [0.29, 0.717) is 12.8 Å². The quantitative estimate of drug-likeness (QED) is 0.0263. The third kappa shape index (κ3) is 23.2. The second-order valence-corrected chi connectivity index (χ2v) is 24.9. The van der Waals surface area contributed by atoms with Gasteiger partial charge in [-0.25, -0.2) is 19.2 Å². The van der Waals surface area contributed by atoms with Crippen LogP contribution in [0.4, 0.5) is 14.4 Å². The number of Topliss-reactive ketones (excluding diaryl/α,β-unsaturated/α-hetero) is 2. The molecule has 0 bridgehead atoms. The van der Waals surface area contributed by atoms with Crippen LogP contribution in [0.25, 0.3) is 0 Å². The summed E-state index contributed by atoms with van der Waals surface area (Å²) < 4.78 is 22.6. The predicted octanol–water partition coefficient (Wildman–Crippen LogP) is 11.3. The van der Waals surface area contributed by atoms with Crippen LogP contribution in [0.15, 0.2) is 121 Å². The van der Waals surface area contributed by atoms with Gasteiger partial charge in [0.15, 0.2) is 11.6 Å². The highest BCUT2D eigenvalue weighted by Crippen LogP contribution is 2.30. The lowest BCUT2D eigenvalue weighted by Crippen LogP contribution is -2.61. The van der Waals surface area contributed by atoms with Crippen molar-refractivity contribution in [2.24, 2.45) is 23.7 Å². The van der Waals surface area contributed by atoms with E-state index < -0.39 is 64.8 Å². The predicted molar refractivity (Wildman–Crippen MR) is 322 cm³/mol. The number of benzene rings is 4. The van der Waals surface area contributed by atoms with Gasteiger partial charge in [-0.2, -0.15) is 0 Å². The molecule has 3 N–H and O–H groups in total. The minimum atomic E-state index is -1.55. The number of nitrogens with one attached hydrogen (secondary N) is 3. The van der Waals surface area contributed by atoms with Crippen molar-refractivity contribution in [3.63, 3.8) is 0 Å². The molecule has 84 heavy (non-hydrogen) atoms. The number of ketones is 2. The Labute approximate surface area is 497 Å². The fourth-order valence-corrected chi connectivity index (χ4v) is 10.2. The van der Waals surface area contributed by atoms with E-state index in [1.54, 1.807) is 46.4 Å². The number of likely N-dealkylation sites (tertiary alicyclic amines) is 1. The lowest BCUT2D eigenvalue weighted by Gasteiger charge is -2.41. The summed E-state index contributed by atoms with van der Waals surface area (Å²) in [5, 5.41) is 8.59. The number of alkyl carbamates (subject to hydrolysis) is 2. The molecule has 17 heteroatoms. The number of nitrogens with zero attached hydrogens (tertiary/aromatic N) is 2. The van der Waals surface area contributed by atoms with E-state index in [2.05, 4.69) is 29.8 Å². The molecule has 5 rings (SSSR count). The Morgan fingerprint density at radius 2 is 1.17 bits per heavy atom. The van der Waals surface area contributed by atoms with E-state index >= 15 is 0 Å². The fourth-order valence-electron chi connectivity index (χ4n) is 10.2. The van der Waals surface area contributed by atoms with E-state index in [-0.39, 0.29) is 126 Å². The standard InChI is InChI=1S/C67H91N5O12/c1-47(2)39-57(69-59(75)54(40-49-25-15-11-16-26-49)41-55(73)43-72(64(80)84-66(8,9)10)44-56(48(3)4)52-31-21-14-22-32-52)58(74)42-53(33-23-24-36-68-62(78)83-65(5,6)7)60(76)71-37-34-67(35-38-71,61(77)81-45-50-27-17-12-18-28-50)70-63(79)82-46-51-29-19-13-20-30-51/h11-22,25-32,47-48,53-54,56-57H,23-24,33-46H2,1-10H3,(H,68,78)(H,69,75)(H,70,79)/t53-,54-,56+,57+/m0/s1. The SMILES string of the molecule is CC(C)C[C@@H](NC(=O)[C@H](CC(=O)CN(C[C@@H](c1ccccc1)C(C)C)C(=O)OC(C)(C)C)Cc1ccccc1)C(=O)C[C@H](CCCCNC(=O)OC(C)(C)C)C(=O)N1CCC(NC(=O)OCc2ccccc2)(C(=O)OCc2ccccc2)CC1. The van der Waals surface area contributed by atoms with Crippen LogP contribution in [-0.2, 0) is 62.6 Å². The number of hydrogen-bond acceptors (Lipinski definition) is 12. The maximum absolute atomic E-state index is 14.9. The van der Waals surface area contributed by atoms with Crippen molar-refractivity contribution < 1.29 is 57.3 Å². The molecule has 0 aliphatic carbocycles. The van der Waals surface area contributed by atoms with E-state index in [9.17, 15) is 38.4 Å². The number of amides is 5. The first-order valence-electron chi connectivity index (χ1n) is 29.7. The van der Waals surface area contributed by atoms with Gasteiger partial charge in [0.05, 0.1) is 12.6 Å². The first-order valence-corrected chi connectivity index (χ1v) is 29.7. The average Bonchev–Trinajstić information content (AvgIpc) is 3.59. The highest BCUT2D eigenvalue weighted by Gasteiger charge is 2.46. The van der Waals surface area contributed by atoms with Crippen LogP contribution in [0.5, 0.6) is 0 Å². The molecule has 17 nitrogen and oxygen atoms in total. The van der Waals surface area contributed by atoms with Crippen LogP contribution >= 0.6 is 0 Å². The summed E-state index contributed by atoms with van der Waals surface area (Å²) in [6, 6.07) is 36.3. The van der Waals surface area contributed by atoms with Crippen LogP contribution in [0, 0.1) is 23.7 Å². The third-order valence-electron chi connectivity index (χ3n) is 14.6. The fraction of sp³-hybridized carbons (Fsp3) is 0.522. The van der Waals surface area contributed by atoms with E-state index in [1.807, 2.05) is 135 Å². The summed E-state index contributed by atoms with van der Waals surface area (Å²) in [4.78, 5) is 116. The summed E-state index contributed by atoms with van der Waals surface area (Å²) in [5.41, 5.74) is 0.215. The van der Waals surface area contributed by atoms with Gasteiger partial charge in [0.2, 0.25) is 11.8 Å². The molecule has 1 fully saturated rings. The molecule has 4 atom stereocenters. The zero-order chi connectivity index (χ0) is 61.5. The normalized spacial score (nSPS) is 14.7. The van der Waals surface area contributed by atoms with E-state index in [0.717, 1.165) is 22.3 Å². The molecule has 5 amide bonds. The lowest BCUT2D eigenvalue weighted by atomic mass is 9.85. The van der Waals surface area contributed by atoms with Crippen LogP contribution in [0.1, 0.15) is 149 Å². The molecule has 0 saturated carbocycles. The number of piperidine rings is 1. The van der Waals surface area contributed by atoms with Gasteiger partial charge in [0, 0.05) is 56.8 Å². The van der Waals surface area contributed by atoms with E-state index in [4.69, 9.17) is 18.9 Å². The Morgan fingerprint density at radius 1 is 0.631 bits per heavy atom. The molecule has 1 heterocycles. The van der Waals surface area contributed by atoms with Crippen molar-refractivity contribution >= 4 is 47.6 Å². The van der Waals surface area contributed by atoms with Crippen molar-refractivity contribution in [2.75, 3.05) is 32.7 Å². The second kappa shape index (κ2) is 32.5.